The van der Waals surface area contributed by atoms with Gasteiger partial charge in [-0.05, 0) is 18.1 Å². The van der Waals surface area contributed by atoms with Gasteiger partial charge in [0, 0.05) is 6.07 Å². The van der Waals surface area contributed by atoms with Crippen LogP contribution in [-0.4, -0.2) is 30.5 Å². The van der Waals surface area contributed by atoms with E-state index in [1.807, 2.05) is 4.72 Å². The van der Waals surface area contributed by atoms with Crippen LogP contribution in [0.2, 0.25) is 0 Å². The normalized spacial score (nSPS) is 12.5. The Balaban J connectivity index is 2.32. The molecule has 0 radical (unpaired) electrons. The van der Waals surface area contributed by atoms with E-state index in [4.69, 9.17) is 0 Å². The van der Waals surface area contributed by atoms with Crippen LogP contribution in [0.4, 0.5) is 5.69 Å². The number of carboxylic acids is 1. The molecule has 0 spiro atoms. The molecule has 2 rings (SSSR count). The highest BCUT2D eigenvalue weighted by Gasteiger charge is 2.30. The Hall–Kier alpha value is -2.78. The smallest absolute Gasteiger partial charge is 0.322 e. The van der Waals surface area contributed by atoms with Crippen LogP contribution in [0, 0.1) is 10.1 Å². The number of hydrogen-bond donors (Lipinski definition) is 2. The maximum absolute atomic E-state index is 12.4. The molecule has 0 bridgehead atoms. The number of aliphatic carboxylic acids is 1. The number of para-hydroxylation sites is 1. The van der Waals surface area contributed by atoms with Gasteiger partial charge in [0.25, 0.3) is 5.69 Å². The summed E-state index contributed by atoms with van der Waals surface area (Å²) in [6.45, 7) is 0. The molecule has 8 nitrogen and oxygen atoms in total. The molecule has 0 unspecified atom stereocenters. The van der Waals surface area contributed by atoms with Crippen LogP contribution >= 0.6 is 0 Å². The predicted molar refractivity (Wildman–Crippen MR) is 85.0 cm³/mol. The number of sulfonamides is 1. The van der Waals surface area contributed by atoms with Crippen molar-refractivity contribution in [2.24, 2.45) is 0 Å². The van der Waals surface area contributed by atoms with E-state index in [9.17, 15) is 28.4 Å². The van der Waals surface area contributed by atoms with Gasteiger partial charge >= 0.3 is 5.97 Å². The molecule has 2 aromatic carbocycles. The fourth-order valence-electron chi connectivity index (χ4n) is 2.12. The summed E-state index contributed by atoms with van der Waals surface area (Å²) in [5.41, 5.74) is 0.00371. The van der Waals surface area contributed by atoms with Gasteiger partial charge in [0.2, 0.25) is 10.0 Å². The molecule has 126 valence electrons. The van der Waals surface area contributed by atoms with E-state index >= 15 is 0 Å². The highest BCUT2D eigenvalue weighted by molar-refractivity contribution is 7.89. The minimum absolute atomic E-state index is 0.0873. The minimum Gasteiger partial charge on any atom is -0.480 e. The number of hydrogen-bond acceptors (Lipinski definition) is 5. The van der Waals surface area contributed by atoms with Crippen molar-refractivity contribution in [1.29, 1.82) is 0 Å². The lowest BCUT2D eigenvalue weighted by atomic mass is 10.1. The summed E-state index contributed by atoms with van der Waals surface area (Å²) in [5, 5.41) is 20.2. The first-order chi connectivity index (χ1) is 11.3. The predicted octanol–water partition coefficient (Wildman–Crippen LogP) is 1.57. The van der Waals surface area contributed by atoms with Crippen LogP contribution in [0.1, 0.15) is 5.56 Å². The Kier molecular flexibility index (Phi) is 5.27. The number of nitrogens with one attached hydrogen (secondary N) is 1. The largest absolute Gasteiger partial charge is 0.480 e. The fraction of sp³-hybridized carbons (Fsp3) is 0.133. The molecule has 0 aromatic heterocycles. The zero-order chi connectivity index (χ0) is 17.7. The van der Waals surface area contributed by atoms with E-state index in [1.54, 1.807) is 30.3 Å². The van der Waals surface area contributed by atoms with Crippen molar-refractivity contribution in [3.05, 3.63) is 70.3 Å². The Labute approximate surface area is 138 Å². The van der Waals surface area contributed by atoms with Crippen LogP contribution in [0.5, 0.6) is 0 Å². The maximum Gasteiger partial charge on any atom is 0.322 e. The summed E-state index contributed by atoms with van der Waals surface area (Å²) in [7, 11) is -4.37. The summed E-state index contributed by atoms with van der Waals surface area (Å²) in [5.74, 6) is -1.37. The summed E-state index contributed by atoms with van der Waals surface area (Å²) in [6.07, 6.45) is -0.0873. The molecule has 0 aliphatic rings. The van der Waals surface area contributed by atoms with Gasteiger partial charge in [-0.3, -0.25) is 14.9 Å². The van der Waals surface area contributed by atoms with Gasteiger partial charge < -0.3 is 5.11 Å². The Morgan fingerprint density at radius 3 is 2.29 bits per heavy atom. The molecular formula is C15H14N2O6S. The molecule has 0 saturated heterocycles. The van der Waals surface area contributed by atoms with E-state index in [1.165, 1.54) is 12.1 Å². The lowest BCUT2D eigenvalue weighted by Gasteiger charge is -2.15. The Bertz CT molecular complexity index is 851. The second kappa shape index (κ2) is 7.20. The summed E-state index contributed by atoms with van der Waals surface area (Å²) in [6, 6.07) is 11.8. The minimum atomic E-state index is -4.37. The third kappa shape index (κ3) is 4.15. The van der Waals surface area contributed by atoms with Gasteiger partial charge in [-0.15, -0.1) is 0 Å². The number of nitro groups is 1. The van der Waals surface area contributed by atoms with Crippen LogP contribution < -0.4 is 4.72 Å². The van der Waals surface area contributed by atoms with E-state index < -0.39 is 37.5 Å². The van der Waals surface area contributed by atoms with Crippen molar-refractivity contribution >= 4 is 21.7 Å². The van der Waals surface area contributed by atoms with E-state index in [-0.39, 0.29) is 6.42 Å². The fourth-order valence-corrected chi connectivity index (χ4v) is 3.48. The quantitative estimate of drug-likeness (QED) is 0.576. The van der Waals surface area contributed by atoms with Crippen LogP contribution in [0.3, 0.4) is 0 Å². The van der Waals surface area contributed by atoms with Gasteiger partial charge in [-0.25, -0.2) is 8.42 Å². The lowest BCUT2D eigenvalue weighted by molar-refractivity contribution is -0.387. The van der Waals surface area contributed by atoms with Crippen LogP contribution in [-0.2, 0) is 21.2 Å². The van der Waals surface area contributed by atoms with E-state index in [2.05, 4.69) is 0 Å². The van der Waals surface area contributed by atoms with Crippen molar-refractivity contribution < 1.29 is 23.2 Å². The third-order valence-electron chi connectivity index (χ3n) is 3.23. The lowest BCUT2D eigenvalue weighted by Crippen LogP contribution is -2.42. The van der Waals surface area contributed by atoms with Gasteiger partial charge in [-0.2, -0.15) is 4.72 Å². The van der Waals surface area contributed by atoms with E-state index in [0.717, 1.165) is 12.1 Å². The number of carboxylic acid groups (broad SMARTS) is 1. The molecule has 0 fully saturated rings. The standard InChI is InChI=1S/C15H14N2O6S/c18-15(19)12(10-11-6-2-1-3-7-11)16-24(22,23)14-9-5-4-8-13(14)17(20)21/h1-9,12,16H,10H2,(H,18,19)/t12-/m0/s1. The molecule has 2 aromatic rings. The van der Waals surface area contributed by atoms with Crippen molar-refractivity contribution in [3.8, 4) is 0 Å². The first kappa shape index (κ1) is 17.6. The first-order valence-electron chi connectivity index (χ1n) is 6.84. The topological polar surface area (TPSA) is 127 Å². The summed E-state index contributed by atoms with van der Waals surface area (Å²) < 4.78 is 26.8. The second-order valence-corrected chi connectivity index (χ2v) is 6.61. The molecule has 24 heavy (non-hydrogen) atoms. The van der Waals surface area contributed by atoms with Crippen molar-refractivity contribution in [3.63, 3.8) is 0 Å². The third-order valence-corrected chi connectivity index (χ3v) is 4.75. The first-order valence-corrected chi connectivity index (χ1v) is 8.32. The molecule has 0 saturated carbocycles. The molecule has 9 heteroatoms. The summed E-state index contributed by atoms with van der Waals surface area (Å²) in [4.78, 5) is 20.9. The highest BCUT2D eigenvalue weighted by Crippen LogP contribution is 2.23. The molecule has 0 aliphatic carbocycles. The Morgan fingerprint density at radius 1 is 1.12 bits per heavy atom. The van der Waals surface area contributed by atoms with Crippen molar-refractivity contribution in [1.82, 2.24) is 4.72 Å². The molecule has 0 aliphatic heterocycles. The van der Waals surface area contributed by atoms with Crippen molar-refractivity contribution in [2.45, 2.75) is 17.4 Å². The van der Waals surface area contributed by atoms with Gasteiger partial charge in [0.15, 0.2) is 4.90 Å². The van der Waals surface area contributed by atoms with E-state index in [0.29, 0.717) is 5.56 Å². The zero-order valence-corrected chi connectivity index (χ0v) is 13.1. The maximum atomic E-state index is 12.4. The average Bonchev–Trinajstić information content (AvgIpc) is 2.55. The molecular weight excluding hydrogens is 336 g/mol. The molecule has 1 atom stereocenters. The average molecular weight is 350 g/mol. The number of benzene rings is 2. The number of carbonyl (C=O) groups is 1. The highest BCUT2D eigenvalue weighted by atomic mass is 32.2. The zero-order valence-electron chi connectivity index (χ0n) is 12.3. The molecule has 2 N–H and O–H groups in total. The Morgan fingerprint density at radius 2 is 1.71 bits per heavy atom. The number of rotatable bonds is 7. The van der Waals surface area contributed by atoms with Gasteiger partial charge in [-0.1, -0.05) is 42.5 Å². The SMILES string of the molecule is O=C(O)[C@H](Cc1ccccc1)NS(=O)(=O)c1ccccc1[N+](=O)[O-]. The second-order valence-electron chi connectivity index (χ2n) is 4.93. The van der Waals surface area contributed by atoms with Gasteiger partial charge in [0.1, 0.15) is 6.04 Å². The van der Waals surface area contributed by atoms with Crippen molar-refractivity contribution in [2.75, 3.05) is 0 Å². The molecule has 0 amide bonds. The van der Waals surface area contributed by atoms with Crippen LogP contribution in [0.15, 0.2) is 59.5 Å². The number of nitrogens with zero attached hydrogens (tertiary/aromatic N) is 1. The molecule has 0 heterocycles. The monoisotopic (exact) mass is 350 g/mol. The number of nitro benzene ring substituents is 1. The van der Waals surface area contributed by atoms with Gasteiger partial charge in [0.05, 0.1) is 4.92 Å². The summed E-state index contributed by atoms with van der Waals surface area (Å²) >= 11 is 0. The van der Waals surface area contributed by atoms with Crippen LogP contribution in [0.25, 0.3) is 0 Å².